The second kappa shape index (κ2) is 3.56. The summed E-state index contributed by atoms with van der Waals surface area (Å²) in [5, 5.41) is 3.56. The van der Waals surface area contributed by atoms with Gasteiger partial charge in [-0.25, -0.2) is 0 Å². The molecule has 1 unspecified atom stereocenters. The zero-order valence-corrected chi connectivity index (χ0v) is 8.45. The highest BCUT2D eigenvalue weighted by atomic mass is 32.2. The van der Waals surface area contributed by atoms with E-state index in [1.807, 2.05) is 11.8 Å². The number of hydrogen-bond acceptors (Lipinski definition) is 3. The Hall–Kier alpha value is 0.270. The number of hydrogen-bond donors (Lipinski definition) is 1. The van der Waals surface area contributed by atoms with Crippen molar-refractivity contribution in [1.29, 1.82) is 0 Å². The Morgan fingerprint density at radius 1 is 1.58 bits per heavy atom. The SMILES string of the molecule is CC1(CNC2CSC2)CCCO1. The van der Waals surface area contributed by atoms with Crippen molar-refractivity contribution in [2.24, 2.45) is 0 Å². The summed E-state index contributed by atoms with van der Waals surface area (Å²) < 4.78 is 5.69. The lowest BCUT2D eigenvalue weighted by atomic mass is 10.0. The molecular formula is C9H17NOS. The van der Waals surface area contributed by atoms with E-state index in [0.29, 0.717) is 0 Å². The summed E-state index contributed by atoms with van der Waals surface area (Å²) in [7, 11) is 0. The molecule has 2 aliphatic rings. The predicted octanol–water partition coefficient (Wildman–Crippen LogP) is 1.26. The van der Waals surface area contributed by atoms with Gasteiger partial charge in [-0.05, 0) is 19.8 Å². The Bertz CT molecular complexity index is 153. The van der Waals surface area contributed by atoms with E-state index in [9.17, 15) is 0 Å². The van der Waals surface area contributed by atoms with Crippen molar-refractivity contribution in [2.75, 3.05) is 24.7 Å². The molecule has 2 fully saturated rings. The van der Waals surface area contributed by atoms with Gasteiger partial charge in [0.05, 0.1) is 5.60 Å². The minimum Gasteiger partial charge on any atom is -0.374 e. The molecule has 2 heterocycles. The quantitative estimate of drug-likeness (QED) is 0.719. The Morgan fingerprint density at radius 2 is 2.42 bits per heavy atom. The summed E-state index contributed by atoms with van der Waals surface area (Å²) in [6, 6.07) is 0.760. The van der Waals surface area contributed by atoms with E-state index in [2.05, 4.69) is 12.2 Å². The van der Waals surface area contributed by atoms with Gasteiger partial charge in [0.15, 0.2) is 0 Å². The first-order valence-electron chi connectivity index (χ1n) is 4.74. The van der Waals surface area contributed by atoms with Gasteiger partial charge in [-0.15, -0.1) is 0 Å². The third-order valence-electron chi connectivity index (χ3n) is 2.70. The van der Waals surface area contributed by atoms with E-state index in [4.69, 9.17) is 4.74 Å². The van der Waals surface area contributed by atoms with Crippen molar-refractivity contribution in [1.82, 2.24) is 5.32 Å². The third kappa shape index (κ3) is 1.95. The predicted molar refractivity (Wildman–Crippen MR) is 52.7 cm³/mol. The summed E-state index contributed by atoms with van der Waals surface area (Å²) in [5.74, 6) is 2.58. The highest BCUT2D eigenvalue weighted by molar-refractivity contribution is 8.00. The average molecular weight is 187 g/mol. The maximum absolute atomic E-state index is 5.69. The number of rotatable bonds is 3. The molecule has 2 saturated heterocycles. The lowest BCUT2D eigenvalue weighted by Gasteiger charge is -2.31. The Labute approximate surface area is 78.4 Å². The van der Waals surface area contributed by atoms with Crippen LogP contribution in [0.2, 0.25) is 0 Å². The number of ether oxygens (including phenoxy) is 1. The minimum atomic E-state index is 0.139. The highest BCUT2D eigenvalue weighted by Crippen LogP contribution is 2.25. The molecule has 2 rings (SSSR count). The van der Waals surface area contributed by atoms with Crippen LogP contribution in [0.1, 0.15) is 19.8 Å². The average Bonchev–Trinajstić information content (AvgIpc) is 2.33. The maximum Gasteiger partial charge on any atom is 0.0779 e. The summed E-state index contributed by atoms with van der Waals surface area (Å²) in [4.78, 5) is 0. The molecule has 3 heteroatoms. The molecule has 0 aliphatic carbocycles. The van der Waals surface area contributed by atoms with Crippen molar-refractivity contribution in [3.63, 3.8) is 0 Å². The molecule has 0 aromatic rings. The standard InChI is InChI=1S/C9H17NOS/c1-9(3-2-4-11-9)7-10-8-5-12-6-8/h8,10H,2-7H2,1H3. The highest BCUT2D eigenvalue weighted by Gasteiger charge is 2.31. The number of thioether (sulfide) groups is 1. The van der Waals surface area contributed by atoms with Gasteiger partial charge in [0, 0.05) is 30.7 Å². The molecule has 0 aromatic carbocycles. The van der Waals surface area contributed by atoms with Gasteiger partial charge >= 0.3 is 0 Å². The first-order chi connectivity index (χ1) is 5.79. The molecule has 1 N–H and O–H groups in total. The molecule has 0 bridgehead atoms. The van der Waals surface area contributed by atoms with Crippen LogP contribution in [0.4, 0.5) is 0 Å². The van der Waals surface area contributed by atoms with Crippen LogP contribution in [0.25, 0.3) is 0 Å². The van der Waals surface area contributed by atoms with Crippen molar-refractivity contribution in [2.45, 2.75) is 31.4 Å². The molecular weight excluding hydrogens is 170 g/mol. The smallest absolute Gasteiger partial charge is 0.0779 e. The molecule has 12 heavy (non-hydrogen) atoms. The largest absolute Gasteiger partial charge is 0.374 e. The summed E-state index contributed by atoms with van der Waals surface area (Å²) >= 11 is 2.02. The van der Waals surface area contributed by atoms with Gasteiger partial charge in [0.1, 0.15) is 0 Å². The van der Waals surface area contributed by atoms with Crippen LogP contribution in [0.5, 0.6) is 0 Å². The van der Waals surface area contributed by atoms with E-state index in [1.54, 1.807) is 0 Å². The maximum atomic E-state index is 5.69. The van der Waals surface area contributed by atoms with Crippen LogP contribution in [0.15, 0.2) is 0 Å². The molecule has 2 nitrogen and oxygen atoms in total. The van der Waals surface area contributed by atoms with E-state index in [1.165, 1.54) is 24.3 Å². The fourth-order valence-electron chi connectivity index (χ4n) is 1.69. The van der Waals surface area contributed by atoms with E-state index in [-0.39, 0.29) is 5.60 Å². The topological polar surface area (TPSA) is 21.3 Å². The first-order valence-corrected chi connectivity index (χ1v) is 5.89. The minimum absolute atomic E-state index is 0.139. The lowest BCUT2D eigenvalue weighted by molar-refractivity contribution is 0.0195. The van der Waals surface area contributed by atoms with E-state index >= 15 is 0 Å². The number of nitrogens with one attached hydrogen (secondary N) is 1. The Balaban J connectivity index is 1.70. The zero-order valence-electron chi connectivity index (χ0n) is 7.64. The van der Waals surface area contributed by atoms with Gasteiger partial charge in [0.2, 0.25) is 0 Å². The summed E-state index contributed by atoms with van der Waals surface area (Å²) in [6.07, 6.45) is 2.46. The zero-order chi connectivity index (χ0) is 8.44. The molecule has 0 aromatic heterocycles. The van der Waals surface area contributed by atoms with Gasteiger partial charge in [-0.3, -0.25) is 0 Å². The molecule has 0 radical (unpaired) electrons. The summed E-state index contributed by atoms with van der Waals surface area (Å²) in [5.41, 5.74) is 0.139. The molecule has 2 aliphatic heterocycles. The monoisotopic (exact) mass is 187 g/mol. The van der Waals surface area contributed by atoms with Gasteiger partial charge in [-0.1, -0.05) is 0 Å². The lowest BCUT2D eigenvalue weighted by Crippen LogP contribution is -2.47. The molecule has 70 valence electrons. The first kappa shape index (κ1) is 8.85. The molecule has 1 atom stereocenters. The van der Waals surface area contributed by atoms with Crippen LogP contribution in [-0.4, -0.2) is 36.3 Å². The molecule has 0 saturated carbocycles. The fourth-order valence-corrected chi connectivity index (χ4v) is 2.40. The second-order valence-electron chi connectivity index (χ2n) is 4.02. The van der Waals surface area contributed by atoms with Crippen molar-refractivity contribution in [3.8, 4) is 0 Å². The fraction of sp³-hybridized carbons (Fsp3) is 1.00. The van der Waals surface area contributed by atoms with E-state index in [0.717, 1.165) is 19.2 Å². The third-order valence-corrected chi connectivity index (χ3v) is 3.98. The van der Waals surface area contributed by atoms with Crippen LogP contribution < -0.4 is 5.32 Å². The van der Waals surface area contributed by atoms with Gasteiger partial charge in [-0.2, -0.15) is 11.8 Å². The Kier molecular flexibility index (Phi) is 2.63. The van der Waals surface area contributed by atoms with E-state index < -0.39 is 0 Å². The summed E-state index contributed by atoms with van der Waals surface area (Å²) in [6.45, 7) is 4.22. The van der Waals surface area contributed by atoms with Gasteiger partial charge in [0.25, 0.3) is 0 Å². The van der Waals surface area contributed by atoms with Crippen molar-refractivity contribution >= 4 is 11.8 Å². The van der Waals surface area contributed by atoms with Crippen LogP contribution in [0.3, 0.4) is 0 Å². The second-order valence-corrected chi connectivity index (χ2v) is 5.09. The van der Waals surface area contributed by atoms with Crippen molar-refractivity contribution in [3.05, 3.63) is 0 Å². The van der Waals surface area contributed by atoms with Crippen LogP contribution in [0, 0.1) is 0 Å². The van der Waals surface area contributed by atoms with Crippen molar-refractivity contribution < 1.29 is 4.74 Å². The van der Waals surface area contributed by atoms with Gasteiger partial charge < -0.3 is 10.1 Å². The van der Waals surface area contributed by atoms with Crippen LogP contribution >= 0.6 is 11.8 Å². The molecule has 0 amide bonds. The molecule has 0 spiro atoms. The Morgan fingerprint density at radius 3 is 2.92 bits per heavy atom. The normalized spacial score (nSPS) is 36.8. The van der Waals surface area contributed by atoms with Crippen LogP contribution in [-0.2, 0) is 4.74 Å².